The van der Waals surface area contributed by atoms with Crippen LogP contribution in [0.4, 0.5) is 0 Å². The SMILES string of the molecule is COc1cc(C(=N)n2nc(-c3cccs3)sc2=N)cc(OC)c1OC. The second-order valence-electron chi connectivity index (χ2n) is 4.86. The number of hydrogen-bond acceptors (Lipinski definition) is 8. The van der Waals surface area contributed by atoms with Crippen molar-refractivity contribution in [3.05, 3.63) is 40.0 Å². The normalized spacial score (nSPS) is 10.5. The fourth-order valence-corrected chi connectivity index (χ4v) is 3.85. The molecule has 0 aliphatic rings. The monoisotopic (exact) mass is 376 g/mol. The third-order valence-corrected chi connectivity index (χ3v) is 5.33. The van der Waals surface area contributed by atoms with E-state index in [4.69, 9.17) is 25.0 Å². The van der Waals surface area contributed by atoms with Crippen molar-refractivity contribution in [2.45, 2.75) is 0 Å². The van der Waals surface area contributed by atoms with E-state index in [0.29, 0.717) is 27.8 Å². The minimum absolute atomic E-state index is 0.0586. The molecular formula is C16H16N4O3S2. The van der Waals surface area contributed by atoms with Crippen LogP contribution < -0.4 is 19.0 Å². The average Bonchev–Trinajstić information content (AvgIpc) is 3.29. The molecule has 0 bridgehead atoms. The first-order valence-electron chi connectivity index (χ1n) is 7.17. The van der Waals surface area contributed by atoms with E-state index in [1.165, 1.54) is 37.3 Å². The first-order chi connectivity index (χ1) is 12.1. The Morgan fingerprint density at radius 3 is 2.32 bits per heavy atom. The molecule has 0 saturated carbocycles. The molecule has 2 heterocycles. The zero-order valence-electron chi connectivity index (χ0n) is 13.8. The molecule has 0 fully saturated rings. The lowest BCUT2D eigenvalue weighted by molar-refractivity contribution is 0.324. The highest BCUT2D eigenvalue weighted by molar-refractivity contribution is 7.19. The smallest absolute Gasteiger partial charge is 0.206 e. The number of hydrogen-bond donors (Lipinski definition) is 2. The van der Waals surface area contributed by atoms with E-state index < -0.39 is 0 Å². The van der Waals surface area contributed by atoms with Gasteiger partial charge in [0.15, 0.2) is 22.3 Å². The summed E-state index contributed by atoms with van der Waals surface area (Å²) in [4.78, 5) is 1.14. The third kappa shape index (κ3) is 3.15. The van der Waals surface area contributed by atoms with Gasteiger partial charge < -0.3 is 14.2 Å². The van der Waals surface area contributed by atoms with Crippen molar-refractivity contribution in [2.75, 3.05) is 21.3 Å². The number of benzene rings is 1. The lowest BCUT2D eigenvalue weighted by Gasteiger charge is -2.14. The Bertz CT molecular complexity index is 935. The quantitative estimate of drug-likeness (QED) is 0.529. The second-order valence-corrected chi connectivity index (χ2v) is 6.79. The summed E-state index contributed by atoms with van der Waals surface area (Å²) in [6, 6.07) is 7.21. The van der Waals surface area contributed by atoms with E-state index in [9.17, 15) is 0 Å². The molecule has 0 aliphatic carbocycles. The molecule has 0 aliphatic heterocycles. The minimum Gasteiger partial charge on any atom is -0.493 e. The number of nitrogens with zero attached hydrogens (tertiary/aromatic N) is 2. The molecule has 130 valence electrons. The molecule has 9 heteroatoms. The van der Waals surface area contributed by atoms with Crippen molar-refractivity contribution in [2.24, 2.45) is 0 Å². The van der Waals surface area contributed by atoms with Gasteiger partial charge in [0, 0.05) is 5.56 Å². The summed E-state index contributed by atoms with van der Waals surface area (Å²) >= 11 is 2.77. The van der Waals surface area contributed by atoms with Gasteiger partial charge >= 0.3 is 0 Å². The molecular weight excluding hydrogens is 360 g/mol. The Morgan fingerprint density at radius 1 is 1.12 bits per heavy atom. The van der Waals surface area contributed by atoms with Gasteiger partial charge in [-0.1, -0.05) is 17.4 Å². The minimum atomic E-state index is 0.0586. The highest BCUT2D eigenvalue weighted by atomic mass is 32.1. The van der Waals surface area contributed by atoms with Crippen LogP contribution in [0.5, 0.6) is 17.2 Å². The maximum atomic E-state index is 8.46. The third-order valence-electron chi connectivity index (χ3n) is 3.46. The van der Waals surface area contributed by atoms with Crippen LogP contribution >= 0.6 is 22.7 Å². The van der Waals surface area contributed by atoms with Gasteiger partial charge in [0.05, 0.1) is 26.2 Å². The zero-order chi connectivity index (χ0) is 18.0. The molecule has 2 aromatic heterocycles. The number of ether oxygens (including phenoxy) is 3. The summed E-state index contributed by atoms with van der Waals surface area (Å²) in [5.74, 6) is 1.41. The first kappa shape index (κ1) is 17.2. The summed E-state index contributed by atoms with van der Waals surface area (Å²) in [5, 5.41) is 23.7. The first-order valence-corrected chi connectivity index (χ1v) is 8.86. The van der Waals surface area contributed by atoms with Crippen molar-refractivity contribution in [1.29, 1.82) is 10.8 Å². The standard InChI is InChI=1S/C16H16N4O3S2/c1-21-10-7-9(8-11(22-2)13(10)23-3)14(17)20-16(18)25-15(19-20)12-5-4-6-24-12/h4-8,17-18H,1-3H3. The highest BCUT2D eigenvalue weighted by Gasteiger charge is 2.18. The Morgan fingerprint density at radius 2 is 1.80 bits per heavy atom. The van der Waals surface area contributed by atoms with Gasteiger partial charge in [-0.3, -0.25) is 10.8 Å². The number of rotatable bonds is 5. The molecule has 0 unspecified atom stereocenters. The van der Waals surface area contributed by atoms with Crippen LogP contribution in [-0.2, 0) is 0 Å². The molecule has 0 amide bonds. The van der Waals surface area contributed by atoms with Gasteiger partial charge in [0.1, 0.15) is 0 Å². The number of methoxy groups -OCH3 is 3. The fraction of sp³-hybridized carbons (Fsp3) is 0.188. The van der Waals surface area contributed by atoms with Gasteiger partial charge in [-0.05, 0) is 23.6 Å². The summed E-state index contributed by atoms with van der Waals surface area (Å²) in [6.07, 6.45) is 0. The summed E-state index contributed by atoms with van der Waals surface area (Å²) in [7, 11) is 4.56. The molecule has 2 N–H and O–H groups in total. The Labute approximate surface area is 152 Å². The van der Waals surface area contributed by atoms with Crippen LogP contribution in [0.2, 0.25) is 0 Å². The van der Waals surface area contributed by atoms with Crippen LogP contribution in [-0.4, -0.2) is 36.9 Å². The van der Waals surface area contributed by atoms with Gasteiger partial charge in [0.2, 0.25) is 10.6 Å². The second kappa shape index (κ2) is 7.08. The van der Waals surface area contributed by atoms with E-state index >= 15 is 0 Å². The Kier molecular flexibility index (Phi) is 4.86. The summed E-state index contributed by atoms with van der Waals surface area (Å²) in [5.41, 5.74) is 0.510. The molecule has 3 rings (SSSR count). The lowest BCUT2D eigenvalue weighted by Crippen LogP contribution is -2.24. The van der Waals surface area contributed by atoms with E-state index in [1.807, 2.05) is 17.5 Å². The maximum Gasteiger partial charge on any atom is 0.206 e. The summed E-state index contributed by atoms with van der Waals surface area (Å²) in [6.45, 7) is 0. The van der Waals surface area contributed by atoms with Gasteiger partial charge in [-0.15, -0.1) is 11.3 Å². The molecule has 3 aromatic rings. The number of thiophene rings is 1. The predicted octanol–water partition coefficient (Wildman–Crippen LogP) is 3.05. The van der Waals surface area contributed by atoms with E-state index in [2.05, 4.69) is 5.10 Å². The maximum absolute atomic E-state index is 8.46. The fourth-order valence-electron chi connectivity index (χ4n) is 2.28. The topological polar surface area (TPSA) is 93.2 Å². The molecule has 25 heavy (non-hydrogen) atoms. The average molecular weight is 376 g/mol. The number of nitrogens with one attached hydrogen (secondary N) is 2. The van der Waals surface area contributed by atoms with Crippen molar-refractivity contribution in [1.82, 2.24) is 9.78 Å². The van der Waals surface area contributed by atoms with Crippen molar-refractivity contribution < 1.29 is 14.2 Å². The highest BCUT2D eigenvalue weighted by Crippen LogP contribution is 2.38. The van der Waals surface area contributed by atoms with Crippen LogP contribution in [0.3, 0.4) is 0 Å². The molecule has 0 spiro atoms. The predicted molar refractivity (Wildman–Crippen MR) is 97.6 cm³/mol. The van der Waals surface area contributed by atoms with Crippen LogP contribution in [0.25, 0.3) is 9.88 Å². The lowest BCUT2D eigenvalue weighted by atomic mass is 10.1. The van der Waals surface area contributed by atoms with E-state index in [-0.39, 0.29) is 10.6 Å². The Hall–Kier alpha value is -2.65. The van der Waals surface area contributed by atoms with Crippen molar-refractivity contribution >= 4 is 28.5 Å². The van der Waals surface area contributed by atoms with Crippen LogP contribution in [0.1, 0.15) is 5.56 Å². The van der Waals surface area contributed by atoms with E-state index in [1.54, 1.807) is 23.5 Å². The summed E-state index contributed by atoms with van der Waals surface area (Å²) < 4.78 is 17.2. The largest absolute Gasteiger partial charge is 0.493 e. The van der Waals surface area contributed by atoms with Crippen LogP contribution in [0, 0.1) is 10.8 Å². The Balaban J connectivity index is 2.06. The molecule has 0 saturated heterocycles. The molecule has 1 aromatic carbocycles. The van der Waals surface area contributed by atoms with Crippen molar-refractivity contribution in [3.8, 4) is 27.1 Å². The van der Waals surface area contributed by atoms with Gasteiger partial charge in [-0.2, -0.15) is 9.78 Å². The molecule has 0 radical (unpaired) electrons. The molecule has 0 atom stereocenters. The van der Waals surface area contributed by atoms with Crippen molar-refractivity contribution in [3.63, 3.8) is 0 Å². The van der Waals surface area contributed by atoms with E-state index in [0.717, 1.165) is 4.88 Å². The number of aromatic nitrogens is 2. The van der Waals surface area contributed by atoms with Crippen LogP contribution in [0.15, 0.2) is 29.6 Å². The van der Waals surface area contributed by atoms with Gasteiger partial charge in [-0.25, -0.2) is 0 Å². The molecule has 7 nitrogen and oxygen atoms in total. The van der Waals surface area contributed by atoms with Gasteiger partial charge in [0.25, 0.3) is 0 Å². The zero-order valence-corrected chi connectivity index (χ0v) is 15.5.